The highest BCUT2D eigenvalue weighted by atomic mass is 16.5. The van der Waals surface area contributed by atoms with E-state index < -0.39 is 0 Å². The molecule has 4 atom stereocenters. The van der Waals surface area contributed by atoms with E-state index in [9.17, 15) is 0 Å². The summed E-state index contributed by atoms with van der Waals surface area (Å²) in [4.78, 5) is 0. The van der Waals surface area contributed by atoms with Crippen molar-refractivity contribution in [1.29, 1.82) is 0 Å². The van der Waals surface area contributed by atoms with Crippen molar-refractivity contribution >= 4 is 0 Å². The van der Waals surface area contributed by atoms with Crippen molar-refractivity contribution in [2.24, 2.45) is 17.8 Å². The lowest BCUT2D eigenvalue weighted by Crippen LogP contribution is -2.30. The van der Waals surface area contributed by atoms with Crippen LogP contribution in [0.25, 0.3) is 11.1 Å². The van der Waals surface area contributed by atoms with Crippen LogP contribution in [0.15, 0.2) is 61.2 Å². The first kappa shape index (κ1) is 22.2. The van der Waals surface area contributed by atoms with Gasteiger partial charge in [-0.15, -0.1) is 0 Å². The van der Waals surface area contributed by atoms with Gasteiger partial charge in [-0.05, 0) is 84.6 Å². The van der Waals surface area contributed by atoms with Gasteiger partial charge in [-0.3, -0.25) is 0 Å². The molecule has 1 unspecified atom stereocenters. The minimum absolute atomic E-state index is 0.552. The molecule has 2 aromatic carbocycles. The second kappa shape index (κ2) is 11.0. The van der Waals surface area contributed by atoms with Gasteiger partial charge in [0.2, 0.25) is 0 Å². The molecule has 0 aromatic heterocycles. The van der Waals surface area contributed by atoms with Crippen LogP contribution in [0.3, 0.4) is 0 Å². The quantitative estimate of drug-likeness (QED) is 0.293. The van der Waals surface area contributed by atoms with Crippen LogP contribution in [0.5, 0.6) is 5.75 Å². The Labute approximate surface area is 189 Å². The van der Waals surface area contributed by atoms with E-state index in [2.05, 4.69) is 49.9 Å². The number of fused-ring (bicyclic) bond motifs is 1. The number of benzene rings is 2. The Morgan fingerprint density at radius 1 is 0.839 bits per heavy atom. The second-order valence-corrected chi connectivity index (χ2v) is 9.95. The minimum Gasteiger partial charge on any atom is -0.490 e. The first-order valence-electron chi connectivity index (χ1n) is 12.7. The fourth-order valence-corrected chi connectivity index (χ4v) is 6.08. The van der Waals surface area contributed by atoms with Gasteiger partial charge in [0.1, 0.15) is 12.4 Å². The Hall–Kier alpha value is -2.02. The van der Waals surface area contributed by atoms with Crippen LogP contribution in [0.1, 0.15) is 82.6 Å². The molecule has 0 amide bonds. The Kier molecular flexibility index (Phi) is 7.89. The van der Waals surface area contributed by atoms with E-state index in [0.29, 0.717) is 6.61 Å². The van der Waals surface area contributed by atoms with Crippen molar-refractivity contribution in [1.82, 2.24) is 0 Å². The van der Waals surface area contributed by atoms with Crippen LogP contribution >= 0.6 is 0 Å². The van der Waals surface area contributed by atoms with Gasteiger partial charge in [-0.25, -0.2) is 0 Å². The standard InChI is InChI=1S/C30H40O/c1-3-5-6-7-23-8-9-29-22-28(15-14-27(29)21-23)26-12-10-24(11-13-26)25-16-18-30(19-17-25)31-20-4-2/h4,10-13,16-19,23,27-29H,2-3,5-9,14-15,20-22H2,1H3/t23?,27-,28-,29-/m1/s1. The molecule has 0 saturated heterocycles. The van der Waals surface area contributed by atoms with Crippen molar-refractivity contribution in [3.63, 3.8) is 0 Å². The zero-order valence-corrected chi connectivity index (χ0v) is 19.4. The molecule has 2 aliphatic carbocycles. The maximum atomic E-state index is 5.60. The molecule has 0 heterocycles. The van der Waals surface area contributed by atoms with E-state index in [0.717, 1.165) is 29.4 Å². The van der Waals surface area contributed by atoms with Gasteiger partial charge in [0.05, 0.1) is 0 Å². The smallest absolute Gasteiger partial charge is 0.119 e. The summed E-state index contributed by atoms with van der Waals surface area (Å²) in [6, 6.07) is 17.8. The average Bonchev–Trinajstić information content (AvgIpc) is 2.83. The highest BCUT2D eigenvalue weighted by Crippen LogP contribution is 2.48. The normalized spacial score (nSPS) is 25.6. The molecule has 2 aliphatic rings. The molecule has 2 aromatic rings. The van der Waals surface area contributed by atoms with Crippen LogP contribution in [0, 0.1) is 17.8 Å². The SMILES string of the molecule is C=CCOc1ccc(-c2ccc([C@@H]3CC[C@@H]4CC(CCCCC)CC[C@@H]4C3)cc2)cc1. The van der Waals surface area contributed by atoms with E-state index >= 15 is 0 Å². The number of ether oxygens (including phenoxy) is 1. The van der Waals surface area contributed by atoms with Crippen molar-refractivity contribution in [3.8, 4) is 16.9 Å². The third-order valence-corrected chi connectivity index (χ3v) is 7.88. The molecular weight excluding hydrogens is 376 g/mol. The van der Waals surface area contributed by atoms with Crippen molar-refractivity contribution < 1.29 is 4.74 Å². The summed E-state index contributed by atoms with van der Waals surface area (Å²) >= 11 is 0. The number of rotatable bonds is 9. The molecule has 0 aliphatic heterocycles. The summed E-state index contributed by atoms with van der Waals surface area (Å²) in [5.41, 5.74) is 4.10. The zero-order chi connectivity index (χ0) is 21.5. The van der Waals surface area contributed by atoms with Gasteiger partial charge in [-0.2, -0.15) is 0 Å². The van der Waals surface area contributed by atoms with Gasteiger partial charge in [0.25, 0.3) is 0 Å². The molecule has 0 radical (unpaired) electrons. The molecule has 1 nitrogen and oxygen atoms in total. The number of hydrogen-bond donors (Lipinski definition) is 0. The van der Waals surface area contributed by atoms with E-state index in [1.165, 1.54) is 75.3 Å². The summed E-state index contributed by atoms with van der Waals surface area (Å²) in [6.07, 6.45) is 16.3. The van der Waals surface area contributed by atoms with Crippen LogP contribution in [0.4, 0.5) is 0 Å². The summed E-state index contributed by atoms with van der Waals surface area (Å²) in [6.45, 7) is 6.57. The predicted octanol–water partition coefficient (Wildman–Crippen LogP) is 8.80. The molecule has 0 spiro atoms. The van der Waals surface area contributed by atoms with Gasteiger partial charge < -0.3 is 4.74 Å². The number of hydrogen-bond acceptors (Lipinski definition) is 1. The lowest BCUT2D eigenvalue weighted by Gasteiger charge is -2.42. The van der Waals surface area contributed by atoms with Crippen LogP contribution in [-0.2, 0) is 0 Å². The Morgan fingerprint density at radius 3 is 2.23 bits per heavy atom. The summed E-state index contributed by atoms with van der Waals surface area (Å²) < 4.78 is 5.60. The number of unbranched alkanes of at least 4 members (excludes halogenated alkanes) is 2. The van der Waals surface area contributed by atoms with Crippen LogP contribution < -0.4 is 4.74 Å². The molecule has 4 rings (SSSR count). The second-order valence-electron chi connectivity index (χ2n) is 9.95. The fraction of sp³-hybridized carbons (Fsp3) is 0.533. The van der Waals surface area contributed by atoms with Crippen LogP contribution in [0.2, 0.25) is 0 Å². The molecule has 31 heavy (non-hydrogen) atoms. The molecule has 1 heteroatoms. The van der Waals surface area contributed by atoms with E-state index in [1.807, 2.05) is 12.1 Å². The van der Waals surface area contributed by atoms with E-state index in [4.69, 9.17) is 4.74 Å². The summed E-state index contributed by atoms with van der Waals surface area (Å²) in [5, 5.41) is 0. The third kappa shape index (κ3) is 5.82. The Morgan fingerprint density at radius 2 is 1.52 bits per heavy atom. The largest absolute Gasteiger partial charge is 0.490 e. The van der Waals surface area contributed by atoms with Gasteiger partial charge >= 0.3 is 0 Å². The Bertz CT molecular complexity index is 803. The average molecular weight is 417 g/mol. The maximum Gasteiger partial charge on any atom is 0.119 e. The zero-order valence-electron chi connectivity index (χ0n) is 19.4. The van der Waals surface area contributed by atoms with Gasteiger partial charge in [0, 0.05) is 0 Å². The van der Waals surface area contributed by atoms with Crippen LogP contribution in [-0.4, -0.2) is 6.61 Å². The molecule has 0 N–H and O–H groups in total. The third-order valence-electron chi connectivity index (χ3n) is 7.88. The van der Waals surface area contributed by atoms with Gasteiger partial charge in [0.15, 0.2) is 0 Å². The summed E-state index contributed by atoms with van der Waals surface area (Å²) in [7, 11) is 0. The van der Waals surface area contributed by atoms with E-state index in [-0.39, 0.29) is 0 Å². The lowest BCUT2D eigenvalue weighted by molar-refractivity contribution is 0.113. The lowest BCUT2D eigenvalue weighted by atomic mass is 9.63. The molecule has 2 saturated carbocycles. The molecule has 166 valence electrons. The molecule has 2 fully saturated rings. The topological polar surface area (TPSA) is 9.23 Å². The molecular formula is C30H40O. The highest BCUT2D eigenvalue weighted by Gasteiger charge is 2.35. The minimum atomic E-state index is 0.552. The first-order valence-corrected chi connectivity index (χ1v) is 12.7. The highest BCUT2D eigenvalue weighted by molar-refractivity contribution is 5.64. The van der Waals surface area contributed by atoms with Crippen molar-refractivity contribution in [2.75, 3.05) is 6.61 Å². The van der Waals surface area contributed by atoms with Crippen molar-refractivity contribution in [3.05, 3.63) is 66.7 Å². The van der Waals surface area contributed by atoms with Crippen molar-refractivity contribution in [2.45, 2.75) is 77.0 Å². The predicted molar refractivity (Wildman–Crippen MR) is 133 cm³/mol. The van der Waals surface area contributed by atoms with E-state index in [1.54, 1.807) is 11.6 Å². The maximum absolute atomic E-state index is 5.60. The fourth-order valence-electron chi connectivity index (χ4n) is 6.08. The van der Waals surface area contributed by atoms with Gasteiger partial charge in [-0.1, -0.05) is 88.1 Å². The molecule has 0 bridgehead atoms. The summed E-state index contributed by atoms with van der Waals surface area (Å²) in [5.74, 6) is 4.68. The Balaban J connectivity index is 1.32. The monoisotopic (exact) mass is 416 g/mol. The first-order chi connectivity index (χ1) is 15.3.